The zero-order valence-electron chi connectivity index (χ0n) is 9.38. The van der Waals surface area contributed by atoms with Crippen LogP contribution in [-0.2, 0) is 14.6 Å². The Hall–Kier alpha value is -1.05. The van der Waals surface area contributed by atoms with Crippen molar-refractivity contribution in [3.63, 3.8) is 0 Å². The van der Waals surface area contributed by atoms with Gasteiger partial charge in [0.05, 0.1) is 4.90 Å². The molecule has 0 aliphatic carbocycles. The molecule has 0 saturated carbocycles. The number of thioether (sulfide) groups is 1. The molecule has 0 saturated heterocycles. The topological polar surface area (TPSA) is 97.5 Å². The largest absolute Gasteiger partial charge is 0.480 e. The van der Waals surface area contributed by atoms with Gasteiger partial charge in [0.15, 0.2) is 9.84 Å². The molecule has 3 N–H and O–H groups in total. The Balaban J connectivity index is 3.38. The van der Waals surface area contributed by atoms with Crippen molar-refractivity contribution in [2.75, 3.05) is 12.5 Å². The molecule has 1 atom stereocenters. The summed E-state index contributed by atoms with van der Waals surface area (Å²) < 4.78 is 23.1. The number of benzene rings is 1. The minimum absolute atomic E-state index is 0.110. The van der Waals surface area contributed by atoms with E-state index in [1.807, 2.05) is 0 Å². The summed E-state index contributed by atoms with van der Waals surface area (Å²) in [5.41, 5.74) is 5.71. The Morgan fingerprint density at radius 3 is 2.47 bits per heavy atom. The number of sulfone groups is 1. The summed E-state index contributed by atoms with van der Waals surface area (Å²) >= 11 is 1.28. The maximum atomic E-state index is 11.6. The Bertz CT molecular complexity index is 539. The summed E-state index contributed by atoms with van der Waals surface area (Å²) in [4.78, 5) is 11.4. The summed E-state index contributed by atoms with van der Waals surface area (Å²) in [5, 5.41) is 8.78. The molecule has 5 nitrogen and oxygen atoms in total. The zero-order valence-corrected chi connectivity index (χ0v) is 11.0. The quantitative estimate of drug-likeness (QED) is 0.792. The van der Waals surface area contributed by atoms with Gasteiger partial charge >= 0.3 is 5.97 Å². The van der Waals surface area contributed by atoms with Gasteiger partial charge in [-0.05, 0) is 24.0 Å². The maximum Gasteiger partial charge on any atom is 0.325 e. The molecular formula is C10H13NO4S2. The molecule has 1 aromatic carbocycles. The SMILES string of the molecule is CSc1ccc(C(N)C(=O)O)cc1S(C)(=O)=O. The number of hydrogen-bond acceptors (Lipinski definition) is 5. The molecule has 0 fully saturated rings. The summed E-state index contributed by atoms with van der Waals surface area (Å²) in [6.45, 7) is 0. The first-order valence-corrected chi connectivity index (χ1v) is 7.75. The Kier molecular flexibility index (Phi) is 4.18. The van der Waals surface area contributed by atoms with Crippen LogP contribution in [0.3, 0.4) is 0 Å². The fourth-order valence-electron chi connectivity index (χ4n) is 1.32. The third kappa shape index (κ3) is 3.21. The fraction of sp³-hybridized carbons (Fsp3) is 0.300. The highest BCUT2D eigenvalue weighted by Crippen LogP contribution is 2.27. The van der Waals surface area contributed by atoms with Crippen molar-refractivity contribution >= 4 is 27.6 Å². The van der Waals surface area contributed by atoms with Crippen LogP contribution in [0.2, 0.25) is 0 Å². The van der Waals surface area contributed by atoms with Crippen molar-refractivity contribution in [2.45, 2.75) is 15.8 Å². The summed E-state index contributed by atoms with van der Waals surface area (Å²) in [6.07, 6.45) is 2.83. The van der Waals surface area contributed by atoms with Crippen molar-refractivity contribution in [3.8, 4) is 0 Å². The molecule has 0 radical (unpaired) electrons. The second kappa shape index (κ2) is 5.07. The molecule has 1 aromatic rings. The van der Waals surface area contributed by atoms with E-state index in [0.29, 0.717) is 4.90 Å². The zero-order chi connectivity index (χ0) is 13.2. The summed E-state index contributed by atoms with van der Waals surface area (Å²) in [6, 6.07) is 3.20. The van der Waals surface area contributed by atoms with Gasteiger partial charge in [0.1, 0.15) is 6.04 Å². The van der Waals surface area contributed by atoms with Crippen molar-refractivity contribution in [2.24, 2.45) is 5.73 Å². The number of rotatable bonds is 4. The van der Waals surface area contributed by atoms with Crippen LogP contribution < -0.4 is 5.73 Å². The number of carbonyl (C=O) groups is 1. The molecule has 1 rings (SSSR count). The Labute approximate surface area is 104 Å². The van der Waals surface area contributed by atoms with E-state index in [1.165, 1.54) is 23.9 Å². The van der Waals surface area contributed by atoms with Gasteiger partial charge in [-0.1, -0.05) is 6.07 Å². The predicted molar refractivity (Wildman–Crippen MR) is 65.9 cm³/mol. The lowest BCUT2D eigenvalue weighted by molar-refractivity contribution is -0.138. The van der Waals surface area contributed by atoms with Gasteiger partial charge in [0.2, 0.25) is 0 Å². The van der Waals surface area contributed by atoms with Crippen molar-refractivity contribution < 1.29 is 18.3 Å². The van der Waals surface area contributed by atoms with Gasteiger partial charge < -0.3 is 10.8 Å². The second-order valence-electron chi connectivity index (χ2n) is 3.50. The molecule has 0 aliphatic rings. The molecule has 1 unspecified atom stereocenters. The molecule has 0 spiro atoms. The molecule has 7 heteroatoms. The highest BCUT2D eigenvalue weighted by molar-refractivity contribution is 7.99. The van der Waals surface area contributed by atoms with Gasteiger partial charge in [0, 0.05) is 11.2 Å². The highest BCUT2D eigenvalue weighted by atomic mass is 32.2. The van der Waals surface area contributed by atoms with E-state index in [-0.39, 0.29) is 10.5 Å². The lowest BCUT2D eigenvalue weighted by atomic mass is 10.1. The van der Waals surface area contributed by atoms with Crippen LogP contribution in [0.15, 0.2) is 28.0 Å². The van der Waals surface area contributed by atoms with Crippen LogP contribution in [-0.4, -0.2) is 32.0 Å². The fourth-order valence-corrected chi connectivity index (χ4v) is 3.27. The lowest BCUT2D eigenvalue weighted by Gasteiger charge is -2.11. The van der Waals surface area contributed by atoms with Crippen LogP contribution >= 0.6 is 11.8 Å². The number of hydrogen-bond donors (Lipinski definition) is 2. The van der Waals surface area contributed by atoms with Crippen molar-refractivity contribution in [1.29, 1.82) is 0 Å². The molecule has 0 amide bonds. The molecule has 0 bridgehead atoms. The highest BCUT2D eigenvalue weighted by Gasteiger charge is 2.19. The van der Waals surface area contributed by atoms with E-state index < -0.39 is 21.8 Å². The molecule has 0 aliphatic heterocycles. The standard InChI is InChI=1S/C10H13NO4S2/c1-16-7-4-3-6(9(11)10(12)13)5-8(7)17(2,14)15/h3-5,9H,11H2,1-2H3,(H,12,13). The van der Waals surface area contributed by atoms with Gasteiger partial charge in [-0.15, -0.1) is 11.8 Å². The first-order valence-electron chi connectivity index (χ1n) is 4.63. The van der Waals surface area contributed by atoms with Gasteiger partial charge in [-0.2, -0.15) is 0 Å². The van der Waals surface area contributed by atoms with Crippen LogP contribution in [0.4, 0.5) is 0 Å². The Morgan fingerprint density at radius 2 is 2.06 bits per heavy atom. The predicted octanol–water partition coefficient (Wildman–Crippen LogP) is 0.896. The van der Waals surface area contributed by atoms with Gasteiger partial charge in [-0.25, -0.2) is 8.42 Å². The normalized spacial score (nSPS) is 13.4. The number of carboxylic acid groups (broad SMARTS) is 1. The van der Waals surface area contributed by atoms with Crippen molar-refractivity contribution in [1.82, 2.24) is 0 Å². The number of aliphatic carboxylic acids is 1. The van der Waals surface area contributed by atoms with Gasteiger partial charge in [0.25, 0.3) is 0 Å². The van der Waals surface area contributed by atoms with Crippen LogP contribution in [0, 0.1) is 0 Å². The van der Waals surface area contributed by atoms with E-state index in [2.05, 4.69) is 0 Å². The third-order valence-electron chi connectivity index (χ3n) is 2.21. The average molecular weight is 275 g/mol. The smallest absolute Gasteiger partial charge is 0.325 e. The minimum Gasteiger partial charge on any atom is -0.480 e. The van der Waals surface area contributed by atoms with E-state index in [9.17, 15) is 13.2 Å². The second-order valence-corrected chi connectivity index (χ2v) is 6.33. The number of carboxylic acids is 1. The summed E-state index contributed by atoms with van der Waals surface area (Å²) in [7, 11) is -3.40. The van der Waals surface area contributed by atoms with Crippen molar-refractivity contribution in [3.05, 3.63) is 23.8 Å². The molecule has 17 heavy (non-hydrogen) atoms. The molecular weight excluding hydrogens is 262 g/mol. The van der Waals surface area contributed by atoms with Crippen LogP contribution in [0.1, 0.15) is 11.6 Å². The third-order valence-corrected chi connectivity index (χ3v) is 4.27. The molecule has 94 valence electrons. The Morgan fingerprint density at radius 1 is 1.47 bits per heavy atom. The molecule has 0 aromatic heterocycles. The molecule has 0 heterocycles. The average Bonchev–Trinajstić information content (AvgIpc) is 2.25. The monoisotopic (exact) mass is 275 g/mol. The maximum absolute atomic E-state index is 11.6. The van der Waals surface area contributed by atoms with Gasteiger partial charge in [-0.3, -0.25) is 4.79 Å². The van der Waals surface area contributed by atoms with Crippen LogP contribution in [0.25, 0.3) is 0 Å². The first kappa shape index (κ1) is 14.0. The minimum atomic E-state index is -3.40. The van der Waals surface area contributed by atoms with E-state index in [0.717, 1.165) is 6.26 Å². The van der Waals surface area contributed by atoms with E-state index in [1.54, 1.807) is 12.3 Å². The lowest BCUT2D eigenvalue weighted by Crippen LogP contribution is -2.21. The first-order chi connectivity index (χ1) is 7.77. The van der Waals surface area contributed by atoms with Crippen LogP contribution in [0.5, 0.6) is 0 Å². The number of nitrogens with two attached hydrogens (primary N) is 1. The van der Waals surface area contributed by atoms with E-state index in [4.69, 9.17) is 10.8 Å². The van der Waals surface area contributed by atoms with E-state index >= 15 is 0 Å². The summed E-state index contributed by atoms with van der Waals surface area (Å²) in [5.74, 6) is -1.19.